The van der Waals surface area contributed by atoms with E-state index in [1.54, 1.807) is 0 Å². The molecule has 0 aromatic rings. The molecule has 0 aliphatic carbocycles. The lowest BCUT2D eigenvalue weighted by molar-refractivity contribution is -0.145. The second-order valence-electron chi connectivity index (χ2n) is 3.05. The van der Waals surface area contributed by atoms with Crippen LogP contribution < -0.4 is 5.73 Å². The minimum atomic E-state index is -1.15. The molecular formula is C7H12N2O4. The normalized spacial score (nSPS) is 28.5. The molecule has 0 radical (unpaired) electrons. The van der Waals surface area contributed by atoms with Crippen molar-refractivity contribution < 1.29 is 19.8 Å². The van der Waals surface area contributed by atoms with E-state index in [4.69, 9.17) is 15.9 Å². The number of carboxylic acids is 1. The van der Waals surface area contributed by atoms with Crippen molar-refractivity contribution in [2.75, 3.05) is 6.54 Å². The first-order valence-corrected chi connectivity index (χ1v) is 4.02. The largest absolute Gasteiger partial charge is 0.481 e. The number of hydrogen-bond acceptors (Lipinski definition) is 3. The highest BCUT2D eigenvalue weighted by Crippen LogP contribution is 2.20. The number of rotatable bonds is 1. The van der Waals surface area contributed by atoms with E-state index < -0.39 is 24.1 Å². The van der Waals surface area contributed by atoms with Gasteiger partial charge < -0.3 is 15.9 Å². The Balaban J connectivity index is 2.71. The number of piperidine rings is 1. The summed E-state index contributed by atoms with van der Waals surface area (Å²) in [6, 6.07) is 0. The number of hydrogen-bond donors (Lipinski definition) is 3. The van der Waals surface area contributed by atoms with Gasteiger partial charge in [-0.2, -0.15) is 0 Å². The van der Waals surface area contributed by atoms with Gasteiger partial charge in [0.2, 0.25) is 0 Å². The molecule has 0 bridgehead atoms. The Labute approximate surface area is 74.9 Å². The zero-order valence-electron chi connectivity index (χ0n) is 7.01. The molecule has 1 aliphatic rings. The Bertz CT molecular complexity index is 209. The van der Waals surface area contributed by atoms with Crippen molar-refractivity contribution >= 4 is 12.1 Å². The fourth-order valence-corrected chi connectivity index (χ4v) is 1.51. The second kappa shape index (κ2) is 3.61. The molecule has 74 valence electrons. The number of carbonyl (C=O) groups is 2. The van der Waals surface area contributed by atoms with E-state index in [9.17, 15) is 9.59 Å². The number of aliphatic carboxylic acids is 1. The molecule has 2 atom stereocenters. The van der Waals surface area contributed by atoms with E-state index in [0.29, 0.717) is 19.4 Å². The molecule has 1 aliphatic heterocycles. The SMILES string of the molecule is NC1C(C(=O)O)CCCN1C(=O)O. The number of likely N-dealkylation sites (tertiary alicyclic amines) is 1. The smallest absolute Gasteiger partial charge is 0.408 e. The highest BCUT2D eigenvalue weighted by molar-refractivity contribution is 5.73. The molecule has 0 aromatic heterocycles. The zero-order chi connectivity index (χ0) is 10.0. The lowest BCUT2D eigenvalue weighted by Gasteiger charge is -2.34. The number of nitrogens with zero attached hydrogens (tertiary/aromatic N) is 1. The van der Waals surface area contributed by atoms with Crippen molar-refractivity contribution in [3.8, 4) is 0 Å². The van der Waals surface area contributed by atoms with Gasteiger partial charge in [-0.15, -0.1) is 0 Å². The lowest BCUT2D eigenvalue weighted by Crippen LogP contribution is -2.55. The molecule has 6 nitrogen and oxygen atoms in total. The van der Waals surface area contributed by atoms with Crippen LogP contribution in [0.1, 0.15) is 12.8 Å². The lowest BCUT2D eigenvalue weighted by atomic mass is 9.95. The van der Waals surface area contributed by atoms with Gasteiger partial charge in [0.25, 0.3) is 0 Å². The van der Waals surface area contributed by atoms with Gasteiger partial charge in [-0.05, 0) is 12.8 Å². The first-order valence-electron chi connectivity index (χ1n) is 4.02. The third-order valence-electron chi connectivity index (χ3n) is 2.25. The molecule has 13 heavy (non-hydrogen) atoms. The third kappa shape index (κ3) is 1.89. The Hall–Kier alpha value is -1.30. The second-order valence-corrected chi connectivity index (χ2v) is 3.05. The third-order valence-corrected chi connectivity index (χ3v) is 2.25. The van der Waals surface area contributed by atoms with Crippen molar-refractivity contribution in [3.63, 3.8) is 0 Å². The van der Waals surface area contributed by atoms with Crippen molar-refractivity contribution in [1.29, 1.82) is 0 Å². The summed E-state index contributed by atoms with van der Waals surface area (Å²) < 4.78 is 0. The van der Waals surface area contributed by atoms with E-state index in [2.05, 4.69) is 0 Å². The van der Waals surface area contributed by atoms with Crippen molar-refractivity contribution in [1.82, 2.24) is 4.90 Å². The van der Waals surface area contributed by atoms with Gasteiger partial charge >= 0.3 is 12.1 Å². The molecule has 0 saturated carbocycles. The van der Waals surface area contributed by atoms with Crippen LogP contribution in [-0.4, -0.2) is 39.9 Å². The molecule has 0 aromatic carbocycles. The Kier molecular flexibility index (Phi) is 2.72. The van der Waals surface area contributed by atoms with Crippen LogP contribution in [0, 0.1) is 5.92 Å². The van der Waals surface area contributed by atoms with Crippen LogP contribution in [-0.2, 0) is 4.79 Å². The predicted octanol–water partition coefficient (Wildman–Crippen LogP) is -0.254. The number of carboxylic acid groups (broad SMARTS) is 2. The Morgan fingerprint density at radius 3 is 2.46 bits per heavy atom. The molecule has 2 unspecified atom stereocenters. The van der Waals surface area contributed by atoms with Crippen molar-refractivity contribution in [3.05, 3.63) is 0 Å². The Morgan fingerprint density at radius 1 is 1.38 bits per heavy atom. The average Bonchev–Trinajstić information content (AvgIpc) is 2.03. The van der Waals surface area contributed by atoms with E-state index in [1.165, 1.54) is 0 Å². The monoisotopic (exact) mass is 188 g/mol. The van der Waals surface area contributed by atoms with Gasteiger partial charge in [0, 0.05) is 6.54 Å². The molecule has 1 heterocycles. The highest BCUT2D eigenvalue weighted by Gasteiger charge is 2.35. The summed E-state index contributed by atoms with van der Waals surface area (Å²) in [7, 11) is 0. The van der Waals surface area contributed by atoms with Crippen LogP contribution in [0.5, 0.6) is 0 Å². The minimum absolute atomic E-state index is 0.320. The molecule has 1 amide bonds. The molecule has 0 spiro atoms. The van der Waals surface area contributed by atoms with Crippen LogP contribution in [0.15, 0.2) is 0 Å². The maximum absolute atomic E-state index is 10.6. The van der Waals surface area contributed by atoms with Gasteiger partial charge in [-0.25, -0.2) is 4.79 Å². The highest BCUT2D eigenvalue weighted by atomic mass is 16.4. The van der Waals surface area contributed by atoms with Crippen LogP contribution >= 0.6 is 0 Å². The summed E-state index contributed by atoms with van der Waals surface area (Å²) in [5, 5.41) is 17.4. The first-order chi connectivity index (χ1) is 6.04. The van der Waals surface area contributed by atoms with Crippen molar-refractivity contribution in [2.45, 2.75) is 19.0 Å². The van der Waals surface area contributed by atoms with Gasteiger partial charge in [-0.3, -0.25) is 9.69 Å². The summed E-state index contributed by atoms with van der Waals surface area (Å²) >= 11 is 0. The molecule has 1 rings (SSSR count). The molecule has 1 saturated heterocycles. The standard InChI is InChI=1S/C7H12N2O4/c8-5-4(6(10)11)2-1-3-9(5)7(12)13/h4-5H,1-3,8H2,(H,10,11)(H,12,13). The van der Waals surface area contributed by atoms with E-state index in [1.807, 2.05) is 0 Å². The zero-order valence-corrected chi connectivity index (χ0v) is 7.01. The topological polar surface area (TPSA) is 104 Å². The van der Waals surface area contributed by atoms with Crippen molar-refractivity contribution in [2.24, 2.45) is 11.7 Å². The fourth-order valence-electron chi connectivity index (χ4n) is 1.51. The van der Waals surface area contributed by atoms with Gasteiger partial charge in [0.05, 0.1) is 12.1 Å². The van der Waals surface area contributed by atoms with E-state index >= 15 is 0 Å². The summed E-state index contributed by atoms with van der Waals surface area (Å²) in [4.78, 5) is 22.2. The van der Waals surface area contributed by atoms with E-state index in [-0.39, 0.29) is 0 Å². The quantitative estimate of drug-likeness (QED) is 0.526. The summed E-state index contributed by atoms with van der Waals surface area (Å²) in [5.41, 5.74) is 5.49. The van der Waals surface area contributed by atoms with Gasteiger partial charge in [-0.1, -0.05) is 0 Å². The van der Waals surface area contributed by atoms with Crippen LogP contribution in [0.2, 0.25) is 0 Å². The summed E-state index contributed by atoms with van der Waals surface area (Å²) in [5.74, 6) is -1.80. The maximum atomic E-state index is 10.6. The minimum Gasteiger partial charge on any atom is -0.481 e. The van der Waals surface area contributed by atoms with Crippen LogP contribution in [0.25, 0.3) is 0 Å². The van der Waals surface area contributed by atoms with Crippen LogP contribution in [0.4, 0.5) is 4.79 Å². The van der Waals surface area contributed by atoms with Crippen LogP contribution in [0.3, 0.4) is 0 Å². The number of amides is 1. The van der Waals surface area contributed by atoms with E-state index in [0.717, 1.165) is 4.90 Å². The Morgan fingerprint density at radius 2 is 2.00 bits per heavy atom. The average molecular weight is 188 g/mol. The summed E-state index contributed by atoms with van der Waals surface area (Å²) in [6.07, 6.45) is -1.07. The molecular weight excluding hydrogens is 176 g/mol. The van der Waals surface area contributed by atoms with Gasteiger partial charge in [0.15, 0.2) is 0 Å². The molecule has 1 fully saturated rings. The predicted molar refractivity (Wildman–Crippen MR) is 43.1 cm³/mol. The number of nitrogens with two attached hydrogens (primary N) is 1. The molecule has 6 heteroatoms. The first kappa shape index (κ1) is 9.79. The molecule has 4 N–H and O–H groups in total. The fraction of sp³-hybridized carbons (Fsp3) is 0.714. The maximum Gasteiger partial charge on any atom is 0.408 e. The van der Waals surface area contributed by atoms with Gasteiger partial charge in [0.1, 0.15) is 0 Å². The summed E-state index contributed by atoms with van der Waals surface area (Å²) in [6.45, 7) is 0.320.